The van der Waals surface area contributed by atoms with Crippen molar-refractivity contribution in [3.63, 3.8) is 0 Å². The second-order valence-electron chi connectivity index (χ2n) is 5.28. The third kappa shape index (κ3) is 2.07. The summed E-state index contributed by atoms with van der Waals surface area (Å²) in [5, 5.41) is 3.64. The Morgan fingerprint density at radius 2 is 2.12 bits per heavy atom. The number of nitrogen functional groups attached to an aromatic ring is 1. The molecule has 2 nitrogen and oxygen atoms in total. The maximum absolute atomic E-state index is 6.00. The SMILES string of the molecule is Nc1cccc2c1CCC(CNC1CC1)C2. The monoisotopic (exact) mass is 216 g/mol. The Hall–Kier alpha value is -1.02. The number of fused-ring (bicyclic) bond motifs is 1. The van der Waals surface area contributed by atoms with Crippen LogP contribution in [-0.4, -0.2) is 12.6 Å². The van der Waals surface area contributed by atoms with Gasteiger partial charge in [0.2, 0.25) is 0 Å². The highest BCUT2D eigenvalue weighted by molar-refractivity contribution is 5.52. The smallest absolute Gasteiger partial charge is 0.0349 e. The van der Waals surface area contributed by atoms with E-state index in [1.165, 1.54) is 49.8 Å². The number of hydrogen-bond donors (Lipinski definition) is 2. The maximum Gasteiger partial charge on any atom is 0.0349 e. The van der Waals surface area contributed by atoms with Gasteiger partial charge in [0, 0.05) is 11.7 Å². The van der Waals surface area contributed by atoms with Crippen LogP contribution < -0.4 is 11.1 Å². The molecule has 2 heteroatoms. The fraction of sp³-hybridized carbons (Fsp3) is 0.571. The van der Waals surface area contributed by atoms with E-state index >= 15 is 0 Å². The van der Waals surface area contributed by atoms with Gasteiger partial charge < -0.3 is 11.1 Å². The number of nitrogens with two attached hydrogens (primary N) is 1. The van der Waals surface area contributed by atoms with Crippen LogP contribution in [0.1, 0.15) is 30.4 Å². The number of nitrogens with one attached hydrogen (secondary N) is 1. The van der Waals surface area contributed by atoms with Gasteiger partial charge in [-0.1, -0.05) is 12.1 Å². The average molecular weight is 216 g/mol. The van der Waals surface area contributed by atoms with Crippen molar-refractivity contribution in [2.24, 2.45) is 5.92 Å². The Morgan fingerprint density at radius 1 is 1.25 bits per heavy atom. The summed E-state index contributed by atoms with van der Waals surface area (Å²) in [7, 11) is 0. The molecular weight excluding hydrogens is 196 g/mol. The van der Waals surface area contributed by atoms with Gasteiger partial charge in [-0.15, -0.1) is 0 Å². The molecule has 0 saturated heterocycles. The highest BCUT2D eigenvalue weighted by Gasteiger charge is 2.24. The second kappa shape index (κ2) is 4.10. The summed E-state index contributed by atoms with van der Waals surface area (Å²) in [6, 6.07) is 7.20. The quantitative estimate of drug-likeness (QED) is 0.760. The van der Waals surface area contributed by atoms with Gasteiger partial charge in [-0.2, -0.15) is 0 Å². The van der Waals surface area contributed by atoms with Crippen LogP contribution in [0, 0.1) is 5.92 Å². The Kier molecular flexibility index (Phi) is 2.60. The van der Waals surface area contributed by atoms with E-state index in [4.69, 9.17) is 5.73 Å². The molecule has 2 aliphatic rings. The minimum atomic E-state index is 0.815. The highest BCUT2D eigenvalue weighted by atomic mass is 14.9. The van der Waals surface area contributed by atoms with Crippen LogP contribution in [0.15, 0.2) is 18.2 Å². The molecule has 3 rings (SSSR count). The maximum atomic E-state index is 6.00. The molecule has 86 valence electrons. The fourth-order valence-electron chi connectivity index (χ4n) is 2.71. The van der Waals surface area contributed by atoms with Crippen LogP contribution in [0.25, 0.3) is 0 Å². The van der Waals surface area contributed by atoms with Crippen molar-refractivity contribution in [2.75, 3.05) is 12.3 Å². The lowest BCUT2D eigenvalue weighted by molar-refractivity contribution is 0.424. The lowest BCUT2D eigenvalue weighted by Crippen LogP contribution is -2.28. The van der Waals surface area contributed by atoms with Crippen molar-refractivity contribution in [3.05, 3.63) is 29.3 Å². The van der Waals surface area contributed by atoms with Crippen LogP contribution in [-0.2, 0) is 12.8 Å². The first kappa shape index (κ1) is 10.2. The van der Waals surface area contributed by atoms with Gasteiger partial charge in [-0.3, -0.25) is 0 Å². The van der Waals surface area contributed by atoms with Gasteiger partial charge in [-0.25, -0.2) is 0 Å². The van der Waals surface area contributed by atoms with Crippen LogP contribution in [0.5, 0.6) is 0 Å². The van der Waals surface area contributed by atoms with E-state index in [2.05, 4.69) is 17.4 Å². The summed E-state index contributed by atoms with van der Waals surface area (Å²) in [4.78, 5) is 0. The summed E-state index contributed by atoms with van der Waals surface area (Å²) in [6.07, 6.45) is 6.44. The molecule has 1 fully saturated rings. The van der Waals surface area contributed by atoms with E-state index in [-0.39, 0.29) is 0 Å². The predicted molar refractivity (Wildman–Crippen MR) is 67.4 cm³/mol. The van der Waals surface area contributed by atoms with Crippen molar-refractivity contribution < 1.29 is 0 Å². The highest BCUT2D eigenvalue weighted by Crippen LogP contribution is 2.29. The molecule has 0 heterocycles. The van der Waals surface area contributed by atoms with Crippen LogP contribution in [0.3, 0.4) is 0 Å². The normalized spacial score (nSPS) is 24.1. The zero-order valence-electron chi connectivity index (χ0n) is 9.71. The van der Waals surface area contributed by atoms with Gasteiger partial charge in [0.25, 0.3) is 0 Å². The van der Waals surface area contributed by atoms with Gasteiger partial charge in [-0.05, 0) is 61.8 Å². The Bertz CT molecular complexity index is 382. The molecule has 1 saturated carbocycles. The molecule has 1 aromatic rings. The molecule has 1 unspecified atom stereocenters. The van der Waals surface area contributed by atoms with Crippen LogP contribution in [0.2, 0.25) is 0 Å². The first-order chi connectivity index (χ1) is 7.83. The largest absolute Gasteiger partial charge is 0.398 e. The summed E-state index contributed by atoms with van der Waals surface area (Å²) < 4.78 is 0. The van der Waals surface area contributed by atoms with Crippen molar-refractivity contribution in [1.29, 1.82) is 0 Å². The molecule has 1 aromatic carbocycles. The molecule has 1 atom stereocenters. The molecule has 2 aliphatic carbocycles. The lowest BCUT2D eigenvalue weighted by Gasteiger charge is -2.25. The van der Waals surface area contributed by atoms with E-state index in [0.29, 0.717) is 0 Å². The number of hydrogen-bond acceptors (Lipinski definition) is 2. The first-order valence-corrected chi connectivity index (χ1v) is 6.42. The van der Waals surface area contributed by atoms with Gasteiger partial charge in [0.05, 0.1) is 0 Å². The first-order valence-electron chi connectivity index (χ1n) is 6.42. The van der Waals surface area contributed by atoms with Gasteiger partial charge in [0.1, 0.15) is 0 Å². The van der Waals surface area contributed by atoms with Crippen LogP contribution in [0.4, 0.5) is 5.69 Å². The standard InChI is InChI=1S/C14H20N2/c15-14-3-1-2-11-8-10(4-7-13(11)14)9-16-12-5-6-12/h1-3,10,12,16H,4-9,15H2. The van der Waals surface area contributed by atoms with E-state index < -0.39 is 0 Å². The van der Waals surface area contributed by atoms with Crippen molar-refractivity contribution in [3.8, 4) is 0 Å². The van der Waals surface area contributed by atoms with Crippen molar-refractivity contribution >= 4 is 5.69 Å². The summed E-state index contributed by atoms with van der Waals surface area (Å²) in [5.41, 5.74) is 9.88. The molecule has 0 aliphatic heterocycles. The third-order valence-corrected chi connectivity index (χ3v) is 3.89. The summed E-state index contributed by atoms with van der Waals surface area (Å²) in [6.45, 7) is 1.19. The summed E-state index contributed by atoms with van der Waals surface area (Å²) >= 11 is 0. The van der Waals surface area contributed by atoms with Crippen LogP contribution >= 0.6 is 0 Å². The van der Waals surface area contributed by atoms with E-state index in [0.717, 1.165) is 17.6 Å². The predicted octanol–water partition coefficient (Wildman–Crippen LogP) is 2.13. The number of benzene rings is 1. The number of anilines is 1. The van der Waals surface area contributed by atoms with E-state index in [1.807, 2.05) is 6.07 Å². The molecule has 0 amide bonds. The van der Waals surface area contributed by atoms with Gasteiger partial charge >= 0.3 is 0 Å². The van der Waals surface area contributed by atoms with E-state index in [9.17, 15) is 0 Å². The number of rotatable bonds is 3. The van der Waals surface area contributed by atoms with Crippen molar-refractivity contribution in [1.82, 2.24) is 5.32 Å². The Morgan fingerprint density at radius 3 is 2.94 bits per heavy atom. The zero-order chi connectivity index (χ0) is 11.0. The molecule has 0 aromatic heterocycles. The Labute approximate surface area is 97.2 Å². The zero-order valence-corrected chi connectivity index (χ0v) is 9.71. The topological polar surface area (TPSA) is 38.0 Å². The average Bonchev–Trinajstić information content (AvgIpc) is 3.10. The van der Waals surface area contributed by atoms with Gasteiger partial charge in [0.15, 0.2) is 0 Å². The Balaban J connectivity index is 1.65. The molecular formula is C14H20N2. The lowest BCUT2D eigenvalue weighted by atomic mass is 9.83. The fourth-order valence-corrected chi connectivity index (χ4v) is 2.71. The molecule has 0 radical (unpaired) electrons. The molecule has 16 heavy (non-hydrogen) atoms. The summed E-state index contributed by atoms with van der Waals surface area (Å²) in [5.74, 6) is 0.815. The van der Waals surface area contributed by atoms with Crippen molar-refractivity contribution in [2.45, 2.75) is 38.1 Å². The third-order valence-electron chi connectivity index (χ3n) is 3.89. The van der Waals surface area contributed by atoms with E-state index in [1.54, 1.807) is 0 Å². The molecule has 0 bridgehead atoms. The minimum absolute atomic E-state index is 0.815. The molecule has 0 spiro atoms. The molecule has 3 N–H and O–H groups in total. The second-order valence-corrected chi connectivity index (χ2v) is 5.28. The minimum Gasteiger partial charge on any atom is -0.398 e.